The van der Waals surface area contributed by atoms with E-state index in [-0.39, 0.29) is 0 Å². The topological polar surface area (TPSA) is 40.5 Å². The quantitative estimate of drug-likeness (QED) is 0.488. The van der Waals surface area contributed by atoms with Crippen LogP contribution in [0, 0.1) is 23.3 Å². The zero-order chi connectivity index (χ0) is 14.6. The molecule has 2 N–H and O–H groups in total. The fraction of sp³-hybridized carbons (Fsp3) is 0.455. The molecule has 2 nitrogen and oxygen atoms in total. The van der Waals surface area contributed by atoms with Crippen LogP contribution in [0.25, 0.3) is 0 Å². The van der Waals surface area contributed by atoms with Crippen LogP contribution in [0.1, 0.15) is 39.2 Å². The van der Waals surface area contributed by atoms with E-state index in [2.05, 4.69) is 0 Å². The zero-order valence-electron chi connectivity index (χ0n) is 10.6. The lowest BCUT2D eigenvalue weighted by atomic mass is 9.78. The summed E-state index contributed by atoms with van der Waals surface area (Å²) in [5.74, 6) is -7.53. The Bertz CT molecular complexity index is 354. The van der Waals surface area contributed by atoms with Crippen LogP contribution in [0.15, 0.2) is 0 Å². The summed E-state index contributed by atoms with van der Waals surface area (Å²) in [6.07, 6.45) is 0. The van der Waals surface area contributed by atoms with Crippen LogP contribution < -0.4 is 5.46 Å². The second kappa shape index (κ2) is 6.75. The molecule has 0 unspecified atom stereocenters. The average Bonchev–Trinajstić information content (AvgIpc) is 2.29. The normalized spacial score (nSPS) is 10.2. The highest BCUT2D eigenvalue weighted by atomic mass is 19.2. The van der Waals surface area contributed by atoms with Gasteiger partial charge in [0.2, 0.25) is 0 Å². The van der Waals surface area contributed by atoms with Gasteiger partial charge in [-0.05, 0) is 5.92 Å². The Labute approximate surface area is 103 Å². The van der Waals surface area contributed by atoms with Crippen molar-refractivity contribution in [1.29, 1.82) is 0 Å². The van der Waals surface area contributed by atoms with Gasteiger partial charge in [0.25, 0.3) is 0 Å². The highest BCUT2D eigenvalue weighted by molar-refractivity contribution is 6.58. The summed E-state index contributed by atoms with van der Waals surface area (Å²) >= 11 is 0. The molecule has 0 saturated heterocycles. The molecule has 1 rings (SSSR count). The molecule has 0 heterocycles. The number of rotatable bonds is 2. The van der Waals surface area contributed by atoms with E-state index in [4.69, 9.17) is 10.0 Å². The van der Waals surface area contributed by atoms with Crippen molar-refractivity contribution >= 4 is 12.6 Å². The Hall–Kier alpha value is -1.08. The summed E-state index contributed by atoms with van der Waals surface area (Å²) in [4.78, 5) is 0. The van der Waals surface area contributed by atoms with Crippen molar-refractivity contribution in [3.8, 4) is 0 Å². The van der Waals surface area contributed by atoms with Crippen LogP contribution in [0.3, 0.4) is 0 Å². The Balaban J connectivity index is 0.00000137. The van der Waals surface area contributed by atoms with Crippen molar-refractivity contribution in [1.82, 2.24) is 0 Å². The number of halogens is 4. The van der Waals surface area contributed by atoms with E-state index < -0.39 is 47.3 Å². The summed E-state index contributed by atoms with van der Waals surface area (Å²) in [5, 5.41) is 17.2. The van der Waals surface area contributed by atoms with Gasteiger partial charge in [0.15, 0.2) is 23.3 Å². The standard InChI is InChI=1S/C9H9BF4O2.C2H6/c1-3(2)4-6(11)8(13)5(10(15)16)9(14)7(4)12;1-2/h3,15-16H,1-2H3;1-2H3. The lowest BCUT2D eigenvalue weighted by Crippen LogP contribution is -2.38. The first-order valence-electron chi connectivity index (χ1n) is 5.50. The maximum Gasteiger partial charge on any atom is 0.494 e. The lowest BCUT2D eigenvalue weighted by molar-refractivity contribution is 0.403. The van der Waals surface area contributed by atoms with E-state index in [9.17, 15) is 17.6 Å². The van der Waals surface area contributed by atoms with Gasteiger partial charge in [0, 0.05) is 5.56 Å². The molecule has 0 aliphatic carbocycles. The highest BCUT2D eigenvalue weighted by Crippen LogP contribution is 2.25. The molecule has 18 heavy (non-hydrogen) atoms. The molecule has 0 saturated carbocycles. The third-order valence-corrected chi connectivity index (χ3v) is 2.17. The Morgan fingerprint density at radius 2 is 1.17 bits per heavy atom. The van der Waals surface area contributed by atoms with Gasteiger partial charge in [-0.1, -0.05) is 27.7 Å². The predicted molar refractivity (Wildman–Crippen MR) is 61.5 cm³/mol. The van der Waals surface area contributed by atoms with Crippen LogP contribution in [0.2, 0.25) is 0 Å². The molecule has 0 fully saturated rings. The summed E-state index contributed by atoms with van der Waals surface area (Å²) in [6, 6.07) is 0. The summed E-state index contributed by atoms with van der Waals surface area (Å²) in [7, 11) is -2.61. The minimum absolute atomic E-state index is 0.751. The maximum atomic E-state index is 13.3. The number of hydrogen-bond donors (Lipinski definition) is 2. The van der Waals surface area contributed by atoms with Crippen LogP contribution in [0.5, 0.6) is 0 Å². The Morgan fingerprint density at radius 3 is 1.39 bits per heavy atom. The molecule has 0 aromatic heterocycles. The number of benzene rings is 1. The van der Waals surface area contributed by atoms with Crippen LogP contribution in [-0.2, 0) is 0 Å². The Morgan fingerprint density at radius 1 is 0.833 bits per heavy atom. The minimum Gasteiger partial charge on any atom is -0.423 e. The van der Waals surface area contributed by atoms with Crippen molar-refractivity contribution in [3.63, 3.8) is 0 Å². The van der Waals surface area contributed by atoms with Crippen molar-refractivity contribution in [3.05, 3.63) is 28.8 Å². The van der Waals surface area contributed by atoms with Crippen molar-refractivity contribution < 1.29 is 27.6 Å². The van der Waals surface area contributed by atoms with E-state index in [0.29, 0.717) is 0 Å². The third-order valence-electron chi connectivity index (χ3n) is 2.17. The van der Waals surface area contributed by atoms with Gasteiger partial charge >= 0.3 is 7.12 Å². The van der Waals surface area contributed by atoms with Gasteiger partial charge in [-0.25, -0.2) is 17.6 Å². The molecule has 102 valence electrons. The first-order valence-corrected chi connectivity index (χ1v) is 5.50. The van der Waals surface area contributed by atoms with Gasteiger partial charge in [-0.2, -0.15) is 0 Å². The minimum atomic E-state index is -2.61. The molecule has 1 aromatic rings. The monoisotopic (exact) mass is 266 g/mol. The van der Waals surface area contributed by atoms with E-state index >= 15 is 0 Å². The lowest BCUT2D eigenvalue weighted by Gasteiger charge is -2.13. The first kappa shape index (κ1) is 16.9. The molecule has 0 amide bonds. The second-order valence-corrected chi connectivity index (χ2v) is 3.61. The largest absolute Gasteiger partial charge is 0.494 e. The molecule has 0 atom stereocenters. The fourth-order valence-electron chi connectivity index (χ4n) is 1.40. The molecular weight excluding hydrogens is 251 g/mol. The molecule has 1 aromatic carbocycles. The SMILES string of the molecule is CC.CC(C)c1c(F)c(F)c(B(O)O)c(F)c1F. The summed E-state index contributed by atoms with van der Waals surface area (Å²) in [5.41, 5.74) is -2.17. The number of hydrogen-bond acceptors (Lipinski definition) is 2. The first-order chi connectivity index (χ1) is 8.29. The predicted octanol–water partition coefficient (Wildman–Crippen LogP) is 2.07. The second-order valence-electron chi connectivity index (χ2n) is 3.61. The average molecular weight is 266 g/mol. The van der Waals surface area contributed by atoms with Crippen LogP contribution >= 0.6 is 0 Å². The van der Waals surface area contributed by atoms with Crippen LogP contribution in [-0.4, -0.2) is 17.2 Å². The van der Waals surface area contributed by atoms with E-state index in [0.717, 1.165) is 0 Å². The summed E-state index contributed by atoms with van der Waals surface area (Å²) < 4.78 is 53.0. The molecular formula is C11H15BF4O2. The van der Waals surface area contributed by atoms with Crippen LogP contribution in [0.4, 0.5) is 17.6 Å². The van der Waals surface area contributed by atoms with Gasteiger partial charge in [-0.3, -0.25) is 0 Å². The van der Waals surface area contributed by atoms with E-state index in [1.165, 1.54) is 13.8 Å². The summed E-state index contributed by atoms with van der Waals surface area (Å²) in [6.45, 7) is 6.71. The molecule has 0 spiro atoms. The maximum absolute atomic E-state index is 13.3. The third kappa shape index (κ3) is 3.03. The molecule has 0 aliphatic heterocycles. The smallest absolute Gasteiger partial charge is 0.423 e. The van der Waals surface area contributed by atoms with Crippen molar-refractivity contribution in [2.45, 2.75) is 33.6 Å². The molecule has 0 radical (unpaired) electrons. The molecule has 7 heteroatoms. The molecule has 0 aliphatic rings. The van der Waals surface area contributed by atoms with Gasteiger partial charge in [0.1, 0.15) is 0 Å². The van der Waals surface area contributed by atoms with Gasteiger partial charge in [0.05, 0.1) is 5.46 Å². The Kier molecular flexibility index (Phi) is 6.35. The fourth-order valence-corrected chi connectivity index (χ4v) is 1.40. The van der Waals surface area contributed by atoms with Gasteiger partial charge < -0.3 is 10.0 Å². The van der Waals surface area contributed by atoms with E-state index in [1.54, 1.807) is 0 Å². The highest BCUT2D eigenvalue weighted by Gasteiger charge is 2.32. The molecule has 0 bridgehead atoms. The van der Waals surface area contributed by atoms with Crippen molar-refractivity contribution in [2.24, 2.45) is 0 Å². The van der Waals surface area contributed by atoms with E-state index in [1.807, 2.05) is 13.8 Å². The zero-order valence-corrected chi connectivity index (χ0v) is 10.6. The van der Waals surface area contributed by atoms with Gasteiger partial charge in [-0.15, -0.1) is 0 Å². The van der Waals surface area contributed by atoms with Crippen molar-refractivity contribution in [2.75, 3.05) is 0 Å².